The molecule has 0 atom stereocenters. The number of ether oxygens (including phenoxy) is 1. The maximum absolute atomic E-state index is 12.4. The molecule has 0 spiro atoms. The van der Waals surface area contributed by atoms with E-state index in [2.05, 4.69) is 10.4 Å². The lowest BCUT2D eigenvalue weighted by atomic mass is 10.1. The zero-order valence-corrected chi connectivity index (χ0v) is 16.9. The highest BCUT2D eigenvalue weighted by atomic mass is 35.5. The maximum atomic E-state index is 12.4. The van der Waals surface area contributed by atoms with Gasteiger partial charge in [0, 0.05) is 10.6 Å². The first kappa shape index (κ1) is 19.3. The number of thioether (sulfide) groups is 1. The number of halogens is 1. The third kappa shape index (κ3) is 4.64. The molecule has 27 heavy (non-hydrogen) atoms. The lowest BCUT2D eigenvalue weighted by Crippen LogP contribution is -2.13. The second kappa shape index (κ2) is 8.50. The normalized spacial score (nSPS) is 10.7. The van der Waals surface area contributed by atoms with Crippen LogP contribution in [0.3, 0.4) is 0 Å². The topological polar surface area (TPSA) is 56.1 Å². The van der Waals surface area contributed by atoms with Crippen molar-refractivity contribution in [3.63, 3.8) is 0 Å². The standard InChI is InChI=1S/C20H20ClN3O2S/c1-13-14(2)24(23-17-8-10-18(26-3)11-9-17)20(22-13)27-12-19(25)15-4-6-16(21)7-5-15/h4-11,23H,12H2,1-3H3. The summed E-state index contributed by atoms with van der Waals surface area (Å²) in [4.78, 5) is 17.0. The summed E-state index contributed by atoms with van der Waals surface area (Å²) in [5.74, 6) is 1.12. The number of hydrogen-bond donors (Lipinski definition) is 1. The molecule has 0 unspecified atom stereocenters. The summed E-state index contributed by atoms with van der Waals surface area (Å²) in [5.41, 5.74) is 6.79. The van der Waals surface area contributed by atoms with Gasteiger partial charge in [0.2, 0.25) is 0 Å². The quantitative estimate of drug-likeness (QED) is 0.445. The van der Waals surface area contributed by atoms with Gasteiger partial charge in [-0.25, -0.2) is 9.66 Å². The first-order valence-electron chi connectivity index (χ1n) is 8.36. The molecule has 3 aromatic rings. The maximum Gasteiger partial charge on any atom is 0.187 e. The van der Waals surface area contributed by atoms with Gasteiger partial charge in [0.1, 0.15) is 5.75 Å². The zero-order chi connectivity index (χ0) is 19.4. The van der Waals surface area contributed by atoms with E-state index in [1.54, 1.807) is 31.4 Å². The molecule has 0 aliphatic carbocycles. The third-order valence-corrected chi connectivity index (χ3v) is 5.33. The van der Waals surface area contributed by atoms with Crippen LogP contribution in [0.25, 0.3) is 0 Å². The van der Waals surface area contributed by atoms with Gasteiger partial charge in [0.15, 0.2) is 10.9 Å². The Kier molecular flexibility index (Phi) is 6.08. The Morgan fingerprint density at radius 2 is 1.81 bits per heavy atom. The molecular formula is C20H20ClN3O2S. The molecule has 3 rings (SSSR count). The highest BCUT2D eigenvalue weighted by molar-refractivity contribution is 7.99. The second-order valence-electron chi connectivity index (χ2n) is 5.96. The van der Waals surface area contributed by atoms with Crippen molar-refractivity contribution in [2.45, 2.75) is 19.0 Å². The minimum Gasteiger partial charge on any atom is -0.497 e. The van der Waals surface area contributed by atoms with Gasteiger partial charge in [-0.3, -0.25) is 10.2 Å². The Morgan fingerprint density at radius 1 is 1.15 bits per heavy atom. The number of hydrogen-bond acceptors (Lipinski definition) is 5. The summed E-state index contributed by atoms with van der Waals surface area (Å²) >= 11 is 7.28. The highest BCUT2D eigenvalue weighted by Crippen LogP contribution is 2.24. The number of ketones is 1. The van der Waals surface area contributed by atoms with Crippen molar-refractivity contribution in [2.75, 3.05) is 18.3 Å². The number of imidazole rings is 1. The van der Waals surface area contributed by atoms with Gasteiger partial charge in [-0.15, -0.1) is 0 Å². The predicted molar refractivity (Wildman–Crippen MR) is 110 cm³/mol. The fourth-order valence-electron chi connectivity index (χ4n) is 2.45. The fourth-order valence-corrected chi connectivity index (χ4v) is 3.52. The molecule has 0 aliphatic heterocycles. The van der Waals surface area contributed by atoms with E-state index in [-0.39, 0.29) is 5.78 Å². The number of carbonyl (C=O) groups excluding carboxylic acids is 1. The van der Waals surface area contributed by atoms with Crippen LogP contribution in [-0.4, -0.2) is 28.3 Å². The van der Waals surface area contributed by atoms with E-state index in [4.69, 9.17) is 16.3 Å². The first-order valence-corrected chi connectivity index (χ1v) is 9.73. The van der Waals surface area contributed by atoms with E-state index in [1.807, 2.05) is 42.8 Å². The fraction of sp³-hybridized carbons (Fsp3) is 0.200. The molecule has 2 aromatic carbocycles. The van der Waals surface area contributed by atoms with Crippen molar-refractivity contribution < 1.29 is 9.53 Å². The summed E-state index contributed by atoms with van der Waals surface area (Å²) in [7, 11) is 1.64. The smallest absolute Gasteiger partial charge is 0.187 e. The molecule has 1 N–H and O–H groups in total. The molecular weight excluding hydrogens is 382 g/mol. The highest BCUT2D eigenvalue weighted by Gasteiger charge is 2.15. The number of methoxy groups -OCH3 is 1. The molecule has 140 valence electrons. The van der Waals surface area contributed by atoms with Crippen LogP contribution >= 0.6 is 23.4 Å². The van der Waals surface area contributed by atoms with Crippen LogP contribution in [0.4, 0.5) is 5.69 Å². The van der Waals surface area contributed by atoms with Gasteiger partial charge in [-0.1, -0.05) is 23.4 Å². The molecule has 5 nitrogen and oxygen atoms in total. The van der Waals surface area contributed by atoms with Gasteiger partial charge < -0.3 is 4.74 Å². The van der Waals surface area contributed by atoms with E-state index >= 15 is 0 Å². The van der Waals surface area contributed by atoms with E-state index in [1.165, 1.54) is 11.8 Å². The summed E-state index contributed by atoms with van der Waals surface area (Å²) in [5, 5.41) is 1.35. The van der Waals surface area contributed by atoms with Crippen LogP contribution in [-0.2, 0) is 0 Å². The molecule has 1 heterocycles. The minimum absolute atomic E-state index is 0.0333. The number of aromatic nitrogens is 2. The number of nitrogens with zero attached hydrogens (tertiary/aromatic N) is 2. The Bertz CT molecular complexity index is 937. The monoisotopic (exact) mass is 401 g/mol. The van der Waals surface area contributed by atoms with Gasteiger partial charge in [-0.2, -0.15) is 0 Å². The lowest BCUT2D eigenvalue weighted by molar-refractivity contribution is 0.102. The Balaban J connectivity index is 1.74. The number of rotatable bonds is 7. The number of Topliss-reactive ketones (excluding diaryl/α,β-unsaturated/α-hetero) is 1. The average Bonchev–Trinajstić information content (AvgIpc) is 2.95. The van der Waals surface area contributed by atoms with E-state index in [0.717, 1.165) is 28.0 Å². The average molecular weight is 402 g/mol. The van der Waals surface area contributed by atoms with Crippen LogP contribution in [0.1, 0.15) is 21.7 Å². The van der Waals surface area contributed by atoms with Crippen molar-refractivity contribution >= 4 is 34.8 Å². The van der Waals surface area contributed by atoms with Crippen molar-refractivity contribution in [3.8, 4) is 5.75 Å². The summed E-state index contributed by atoms with van der Waals surface area (Å²) in [6.07, 6.45) is 0. The van der Waals surface area contributed by atoms with Crippen LogP contribution in [0, 0.1) is 13.8 Å². The zero-order valence-electron chi connectivity index (χ0n) is 15.3. The number of benzene rings is 2. The summed E-state index contributed by atoms with van der Waals surface area (Å²) in [6, 6.07) is 14.6. The number of nitrogens with one attached hydrogen (secondary N) is 1. The van der Waals surface area contributed by atoms with E-state index in [0.29, 0.717) is 16.3 Å². The molecule has 1 aromatic heterocycles. The van der Waals surface area contributed by atoms with Gasteiger partial charge in [0.25, 0.3) is 0 Å². The Morgan fingerprint density at radius 3 is 2.44 bits per heavy atom. The van der Waals surface area contributed by atoms with Crippen LogP contribution in [0.2, 0.25) is 5.02 Å². The molecule has 0 radical (unpaired) electrons. The SMILES string of the molecule is COc1ccc(Nn2c(SCC(=O)c3ccc(Cl)cc3)nc(C)c2C)cc1. The van der Waals surface area contributed by atoms with E-state index < -0.39 is 0 Å². The van der Waals surface area contributed by atoms with Crippen molar-refractivity contribution in [3.05, 3.63) is 70.5 Å². The van der Waals surface area contributed by atoms with Gasteiger partial charge in [0.05, 0.1) is 29.9 Å². The first-order chi connectivity index (χ1) is 13.0. The number of aryl methyl sites for hydroxylation is 1. The van der Waals surface area contributed by atoms with Crippen LogP contribution in [0.15, 0.2) is 53.7 Å². The largest absolute Gasteiger partial charge is 0.497 e. The van der Waals surface area contributed by atoms with Crippen LogP contribution < -0.4 is 10.2 Å². The molecule has 0 saturated carbocycles. The van der Waals surface area contributed by atoms with Crippen molar-refractivity contribution in [1.29, 1.82) is 0 Å². The van der Waals surface area contributed by atoms with Gasteiger partial charge >= 0.3 is 0 Å². The van der Waals surface area contributed by atoms with Crippen molar-refractivity contribution in [2.24, 2.45) is 0 Å². The number of anilines is 1. The third-order valence-electron chi connectivity index (χ3n) is 4.14. The Labute approximate surface area is 167 Å². The summed E-state index contributed by atoms with van der Waals surface area (Å²) < 4.78 is 7.09. The van der Waals surface area contributed by atoms with Gasteiger partial charge in [-0.05, 0) is 62.4 Å². The molecule has 0 bridgehead atoms. The van der Waals surface area contributed by atoms with Crippen molar-refractivity contribution in [1.82, 2.24) is 9.66 Å². The molecule has 0 aliphatic rings. The predicted octanol–water partition coefficient (Wildman–Crippen LogP) is 5.01. The second-order valence-corrected chi connectivity index (χ2v) is 7.34. The Hall–Kier alpha value is -2.44. The molecule has 0 fully saturated rings. The van der Waals surface area contributed by atoms with E-state index in [9.17, 15) is 4.79 Å². The summed E-state index contributed by atoms with van der Waals surface area (Å²) in [6.45, 7) is 3.94. The molecule has 0 amide bonds. The molecule has 0 saturated heterocycles. The number of carbonyl (C=O) groups is 1. The lowest BCUT2D eigenvalue weighted by Gasteiger charge is -2.13. The van der Waals surface area contributed by atoms with Crippen LogP contribution in [0.5, 0.6) is 5.75 Å². The molecule has 7 heteroatoms. The minimum atomic E-state index is 0.0333.